The molecule has 182 valence electrons. The molecule has 7 nitrogen and oxygen atoms in total. The first-order chi connectivity index (χ1) is 17.0. The molecule has 3 aromatic rings. The van der Waals surface area contributed by atoms with Crippen LogP contribution in [0.15, 0.2) is 48.5 Å². The van der Waals surface area contributed by atoms with Crippen molar-refractivity contribution >= 4 is 34.2 Å². The van der Waals surface area contributed by atoms with Crippen molar-refractivity contribution in [2.45, 2.75) is 40.0 Å². The zero-order chi connectivity index (χ0) is 24.9. The number of imide groups is 1. The van der Waals surface area contributed by atoms with E-state index in [9.17, 15) is 14.4 Å². The van der Waals surface area contributed by atoms with Gasteiger partial charge in [-0.25, -0.2) is 4.90 Å². The van der Waals surface area contributed by atoms with Crippen LogP contribution >= 0.6 is 0 Å². The summed E-state index contributed by atoms with van der Waals surface area (Å²) in [6, 6.07) is 14.3. The maximum Gasteiger partial charge on any atom is 0.310 e. The number of carbonyl (C=O) groups excluding carboxylic acids is 3. The highest BCUT2D eigenvalue weighted by Crippen LogP contribution is 2.46. The van der Waals surface area contributed by atoms with E-state index >= 15 is 0 Å². The first-order valence-electron chi connectivity index (χ1n) is 12.0. The summed E-state index contributed by atoms with van der Waals surface area (Å²) in [5.41, 5.74) is 1.59. The van der Waals surface area contributed by atoms with Gasteiger partial charge in [-0.2, -0.15) is 0 Å². The molecule has 0 unspecified atom stereocenters. The highest BCUT2D eigenvalue weighted by Gasteiger charge is 2.43. The number of ether oxygens (including phenoxy) is 3. The van der Waals surface area contributed by atoms with Crippen LogP contribution in [0.1, 0.15) is 59.9 Å². The second kappa shape index (κ2) is 10.6. The Morgan fingerprint density at radius 1 is 0.771 bits per heavy atom. The fourth-order valence-electron chi connectivity index (χ4n) is 4.18. The minimum atomic E-state index is -0.457. The van der Waals surface area contributed by atoms with E-state index in [0.717, 1.165) is 34.1 Å². The van der Waals surface area contributed by atoms with Gasteiger partial charge in [0.05, 0.1) is 43.1 Å². The molecule has 0 bridgehead atoms. The summed E-state index contributed by atoms with van der Waals surface area (Å²) >= 11 is 0. The van der Waals surface area contributed by atoms with Crippen LogP contribution in [0.4, 0.5) is 5.69 Å². The van der Waals surface area contributed by atoms with Gasteiger partial charge in [0.15, 0.2) is 0 Å². The molecule has 0 aliphatic carbocycles. The molecule has 0 atom stereocenters. The smallest absolute Gasteiger partial charge is 0.310 e. The van der Waals surface area contributed by atoms with Crippen molar-refractivity contribution in [3.63, 3.8) is 0 Å². The molecular weight excluding hydrogens is 446 g/mol. The molecule has 0 radical (unpaired) electrons. The van der Waals surface area contributed by atoms with E-state index in [1.54, 1.807) is 31.2 Å². The SMILES string of the molecule is CCCOc1c2c(c(OCCC)c3ccccc13)C(=O)N(c1ccc(CC(=O)OCC)cc1)C2=O. The molecule has 0 fully saturated rings. The molecule has 1 aliphatic rings. The van der Waals surface area contributed by atoms with Crippen molar-refractivity contribution < 1.29 is 28.6 Å². The molecule has 2 amide bonds. The third-order valence-corrected chi connectivity index (χ3v) is 5.70. The third-order valence-electron chi connectivity index (χ3n) is 5.70. The Balaban J connectivity index is 1.81. The summed E-state index contributed by atoms with van der Waals surface area (Å²) in [7, 11) is 0. The number of nitrogens with zero attached hydrogens (tertiary/aromatic N) is 1. The Morgan fingerprint density at radius 2 is 1.29 bits per heavy atom. The van der Waals surface area contributed by atoms with Crippen LogP contribution in [0.25, 0.3) is 10.8 Å². The summed E-state index contributed by atoms with van der Waals surface area (Å²) in [5, 5.41) is 1.47. The number of hydrogen-bond donors (Lipinski definition) is 0. The Bertz CT molecular complexity index is 1200. The zero-order valence-electron chi connectivity index (χ0n) is 20.3. The zero-order valence-corrected chi connectivity index (χ0v) is 20.3. The quantitative estimate of drug-likeness (QED) is 0.291. The number of fused-ring (bicyclic) bond motifs is 2. The van der Waals surface area contributed by atoms with Crippen molar-refractivity contribution in [3.8, 4) is 11.5 Å². The molecule has 3 aromatic carbocycles. The summed E-state index contributed by atoms with van der Waals surface area (Å²) in [6.45, 7) is 6.86. The maximum atomic E-state index is 13.7. The lowest BCUT2D eigenvalue weighted by Crippen LogP contribution is -2.29. The van der Waals surface area contributed by atoms with Crippen LogP contribution in [0.2, 0.25) is 0 Å². The Morgan fingerprint density at radius 3 is 1.74 bits per heavy atom. The minimum Gasteiger partial charge on any atom is -0.492 e. The number of benzene rings is 3. The van der Waals surface area contributed by atoms with Gasteiger partial charge < -0.3 is 14.2 Å². The lowest BCUT2D eigenvalue weighted by Gasteiger charge is -2.16. The van der Waals surface area contributed by atoms with Crippen molar-refractivity contribution in [2.75, 3.05) is 24.7 Å². The number of carbonyl (C=O) groups is 3. The maximum absolute atomic E-state index is 13.7. The van der Waals surface area contributed by atoms with Gasteiger partial charge in [0.1, 0.15) is 11.5 Å². The Hall–Kier alpha value is -3.87. The first kappa shape index (κ1) is 24.3. The van der Waals surface area contributed by atoms with Crippen LogP contribution in [-0.2, 0) is 16.0 Å². The standard InChI is InChI=1S/C28H29NO6/c1-4-15-34-25-20-9-7-8-10-21(20)26(35-16-5-2)24-23(25)27(31)29(28(24)32)19-13-11-18(12-14-19)17-22(30)33-6-3/h7-14H,4-6,15-17H2,1-3H3. The van der Waals surface area contributed by atoms with E-state index in [0.29, 0.717) is 37.0 Å². The van der Waals surface area contributed by atoms with Crippen molar-refractivity contribution in [1.82, 2.24) is 0 Å². The van der Waals surface area contributed by atoms with Gasteiger partial charge in [0.25, 0.3) is 11.8 Å². The van der Waals surface area contributed by atoms with Crippen LogP contribution in [0.3, 0.4) is 0 Å². The molecule has 4 rings (SSSR count). The van der Waals surface area contributed by atoms with Crippen molar-refractivity contribution in [3.05, 3.63) is 65.2 Å². The van der Waals surface area contributed by atoms with E-state index in [-0.39, 0.29) is 23.5 Å². The van der Waals surface area contributed by atoms with Crippen LogP contribution in [0, 0.1) is 0 Å². The highest BCUT2D eigenvalue weighted by atomic mass is 16.5. The third kappa shape index (κ3) is 4.58. The average molecular weight is 476 g/mol. The lowest BCUT2D eigenvalue weighted by molar-refractivity contribution is -0.142. The summed E-state index contributed by atoms with van der Waals surface area (Å²) in [4.78, 5) is 40.4. The second-order valence-corrected chi connectivity index (χ2v) is 8.24. The van der Waals surface area contributed by atoms with Gasteiger partial charge in [-0.15, -0.1) is 0 Å². The largest absolute Gasteiger partial charge is 0.492 e. The molecule has 1 aliphatic heterocycles. The van der Waals surface area contributed by atoms with Gasteiger partial charge in [0, 0.05) is 10.8 Å². The van der Waals surface area contributed by atoms with E-state index in [1.807, 2.05) is 38.1 Å². The fourth-order valence-corrected chi connectivity index (χ4v) is 4.18. The molecule has 0 aromatic heterocycles. The van der Waals surface area contributed by atoms with Crippen molar-refractivity contribution in [2.24, 2.45) is 0 Å². The van der Waals surface area contributed by atoms with Crippen LogP contribution < -0.4 is 14.4 Å². The molecule has 1 heterocycles. The Kier molecular flexibility index (Phi) is 7.34. The summed E-state index contributed by atoms with van der Waals surface area (Å²) in [5.74, 6) is -0.437. The fraction of sp³-hybridized carbons (Fsp3) is 0.321. The molecule has 0 N–H and O–H groups in total. The second-order valence-electron chi connectivity index (χ2n) is 8.24. The van der Waals surface area contributed by atoms with Gasteiger partial charge >= 0.3 is 5.97 Å². The molecular formula is C28H29NO6. The summed E-state index contributed by atoms with van der Waals surface area (Å²) < 4.78 is 17.1. The number of esters is 1. The highest BCUT2D eigenvalue weighted by molar-refractivity contribution is 6.38. The van der Waals surface area contributed by atoms with Crippen LogP contribution in [0.5, 0.6) is 11.5 Å². The van der Waals surface area contributed by atoms with E-state index in [4.69, 9.17) is 14.2 Å². The van der Waals surface area contributed by atoms with E-state index < -0.39 is 11.8 Å². The molecule has 7 heteroatoms. The number of amides is 2. The van der Waals surface area contributed by atoms with E-state index in [1.165, 1.54) is 0 Å². The number of hydrogen-bond acceptors (Lipinski definition) is 6. The predicted molar refractivity (Wildman–Crippen MR) is 133 cm³/mol. The first-order valence-corrected chi connectivity index (χ1v) is 12.0. The number of anilines is 1. The monoisotopic (exact) mass is 475 g/mol. The van der Waals surface area contributed by atoms with Gasteiger partial charge in [-0.05, 0) is 37.5 Å². The molecule has 35 heavy (non-hydrogen) atoms. The minimum absolute atomic E-state index is 0.117. The molecule has 0 saturated heterocycles. The normalized spacial score (nSPS) is 12.7. The average Bonchev–Trinajstić information content (AvgIpc) is 3.12. The predicted octanol–water partition coefficient (Wildman–Crippen LogP) is 5.32. The number of rotatable bonds is 10. The summed E-state index contributed by atoms with van der Waals surface area (Å²) in [6.07, 6.45) is 1.63. The van der Waals surface area contributed by atoms with Crippen LogP contribution in [-0.4, -0.2) is 37.6 Å². The van der Waals surface area contributed by atoms with Gasteiger partial charge in [-0.1, -0.05) is 50.2 Å². The van der Waals surface area contributed by atoms with Crippen molar-refractivity contribution in [1.29, 1.82) is 0 Å². The molecule has 0 spiro atoms. The Labute approximate surface area is 204 Å². The lowest BCUT2D eigenvalue weighted by atomic mass is 9.99. The topological polar surface area (TPSA) is 82.1 Å². The van der Waals surface area contributed by atoms with E-state index in [2.05, 4.69) is 0 Å². The van der Waals surface area contributed by atoms with Gasteiger partial charge in [-0.3, -0.25) is 14.4 Å². The van der Waals surface area contributed by atoms with Gasteiger partial charge in [0.2, 0.25) is 0 Å². The molecule has 0 saturated carbocycles.